The summed E-state index contributed by atoms with van der Waals surface area (Å²) < 4.78 is 1.91. The van der Waals surface area contributed by atoms with Crippen LogP contribution >= 0.6 is 24.0 Å². The summed E-state index contributed by atoms with van der Waals surface area (Å²) in [5.74, 6) is 1.25. The van der Waals surface area contributed by atoms with Crippen LogP contribution in [0.1, 0.15) is 16.2 Å². The number of rotatable bonds is 6. The van der Waals surface area contributed by atoms with Crippen molar-refractivity contribution in [3.05, 3.63) is 60.3 Å². The Morgan fingerprint density at radius 1 is 1.11 bits per heavy atom. The first-order valence-electron chi connectivity index (χ1n) is 8.19. The van der Waals surface area contributed by atoms with E-state index in [9.17, 15) is 4.79 Å². The zero-order valence-electron chi connectivity index (χ0n) is 14.8. The Kier molecular flexibility index (Phi) is 7.92. The summed E-state index contributed by atoms with van der Waals surface area (Å²) in [7, 11) is 1.69. The number of pyridine rings is 2. The number of halogens is 1. The number of hydrogen-bond acceptors (Lipinski definition) is 5. The Labute approximate surface area is 173 Å². The Bertz CT molecular complexity index is 896. The van der Waals surface area contributed by atoms with Crippen LogP contribution in [-0.4, -0.2) is 51.6 Å². The van der Waals surface area contributed by atoms with Crippen LogP contribution < -0.4 is 16.0 Å². The molecule has 3 aromatic rings. The summed E-state index contributed by atoms with van der Waals surface area (Å²) in [6.45, 7) is 1.47. The maximum atomic E-state index is 11.9. The van der Waals surface area contributed by atoms with E-state index in [0.717, 1.165) is 11.5 Å². The largest absolute Gasteiger partial charge is 0.355 e. The molecule has 0 unspecified atom stereocenters. The molecule has 0 bridgehead atoms. The minimum Gasteiger partial charge on any atom is -0.355 e. The third-order valence-electron chi connectivity index (χ3n) is 3.65. The summed E-state index contributed by atoms with van der Waals surface area (Å²) >= 11 is 0. The number of carbonyl (C=O) groups is 1. The van der Waals surface area contributed by atoms with Gasteiger partial charge in [0.2, 0.25) is 0 Å². The van der Waals surface area contributed by atoms with Crippen molar-refractivity contribution in [1.29, 1.82) is 0 Å². The lowest BCUT2D eigenvalue weighted by Gasteiger charge is -2.11. The van der Waals surface area contributed by atoms with Gasteiger partial charge in [0, 0.05) is 38.7 Å². The molecule has 0 saturated carbocycles. The molecule has 0 fully saturated rings. The molecule has 10 heteroatoms. The van der Waals surface area contributed by atoms with Crippen molar-refractivity contribution in [2.45, 2.75) is 6.54 Å². The lowest BCUT2D eigenvalue weighted by atomic mass is 10.3. The van der Waals surface area contributed by atoms with Gasteiger partial charge in [0.25, 0.3) is 5.91 Å². The average Bonchev–Trinajstić information content (AvgIpc) is 3.11. The van der Waals surface area contributed by atoms with Gasteiger partial charge in [-0.05, 0) is 24.3 Å². The molecule has 1 amide bonds. The standard InChI is InChI=1S/C17H20N8O.HI/c1-18-17(21-9-8-20-16(26)13-5-4-7-19-11-13)22-12-15-24-23-14-6-2-3-10-25(14)15;/h2-7,10-11H,8-9,12H2,1H3,(H,20,26)(H2,18,21,22);1H. The van der Waals surface area contributed by atoms with E-state index in [1.807, 2.05) is 28.8 Å². The highest BCUT2D eigenvalue weighted by Gasteiger charge is 2.06. The molecule has 3 N–H and O–H groups in total. The van der Waals surface area contributed by atoms with Crippen LogP contribution in [0, 0.1) is 0 Å². The normalized spacial score (nSPS) is 10.9. The van der Waals surface area contributed by atoms with Crippen molar-refractivity contribution in [2.75, 3.05) is 20.1 Å². The van der Waals surface area contributed by atoms with E-state index in [2.05, 4.69) is 36.1 Å². The van der Waals surface area contributed by atoms with Crippen molar-refractivity contribution in [3.8, 4) is 0 Å². The van der Waals surface area contributed by atoms with Gasteiger partial charge in [0.15, 0.2) is 17.4 Å². The van der Waals surface area contributed by atoms with Crippen LogP contribution in [0.4, 0.5) is 0 Å². The number of nitrogens with zero attached hydrogens (tertiary/aromatic N) is 5. The van der Waals surface area contributed by atoms with Gasteiger partial charge in [-0.1, -0.05) is 6.07 Å². The Morgan fingerprint density at radius 2 is 1.96 bits per heavy atom. The first kappa shape index (κ1) is 20.6. The summed E-state index contributed by atoms with van der Waals surface area (Å²) in [6.07, 6.45) is 5.08. The first-order valence-corrected chi connectivity index (χ1v) is 8.19. The van der Waals surface area contributed by atoms with Crippen molar-refractivity contribution in [3.63, 3.8) is 0 Å². The fourth-order valence-corrected chi connectivity index (χ4v) is 2.35. The van der Waals surface area contributed by atoms with E-state index in [1.54, 1.807) is 25.4 Å². The maximum Gasteiger partial charge on any atom is 0.252 e. The van der Waals surface area contributed by atoms with Gasteiger partial charge in [-0.25, -0.2) is 0 Å². The highest BCUT2D eigenvalue weighted by molar-refractivity contribution is 14.0. The summed E-state index contributed by atoms with van der Waals surface area (Å²) in [4.78, 5) is 20.0. The molecule has 9 nitrogen and oxygen atoms in total. The molecule has 3 heterocycles. The molecule has 0 aliphatic heterocycles. The monoisotopic (exact) mass is 480 g/mol. The SMILES string of the molecule is CN=C(NCCNC(=O)c1cccnc1)NCc1nnc2ccccn12.I. The molecule has 142 valence electrons. The van der Waals surface area contributed by atoms with E-state index < -0.39 is 0 Å². The smallest absolute Gasteiger partial charge is 0.252 e. The summed E-state index contributed by atoms with van der Waals surface area (Å²) in [5, 5.41) is 17.4. The second kappa shape index (κ2) is 10.4. The maximum absolute atomic E-state index is 11.9. The predicted octanol–water partition coefficient (Wildman–Crippen LogP) is 0.837. The van der Waals surface area contributed by atoms with Crippen LogP contribution in [0.3, 0.4) is 0 Å². The van der Waals surface area contributed by atoms with Crippen molar-refractivity contribution in [1.82, 2.24) is 35.5 Å². The summed E-state index contributed by atoms with van der Waals surface area (Å²) in [5.41, 5.74) is 1.33. The lowest BCUT2D eigenvalue weighted by Crippen LogP contribution is -2.41. The van der Waals surface area contributed by atoms with Gasteiger partial charge < -0.3 is 16.0 Å². The van der Waals surface area contributed by atoms with Gasteiger partial charge in [-0.3, -0.25) is 19.2 Å². The molecule has 0 aromatic carbocycles. The predicted molar refractivity (Wildman–Crippen MR) is 113 cm³/mol. The second-order valence-corrected chi connectivity index (χ2v) is 5.40. The highest BCUT2D eigenvalue weighted by atomic mass is 127. The Balaban J connectivity index is 0.00000261. The zero-order valence-corrected chi connectivity index (χ0v) is 17.1. The molecule has 0 atom stereocenters. The number of carbonyl (C=O) groups excluding carboxylic acids is 1. The highest BCUT2D eigenvalue weighted by Crippen LogP contribution is 2.02. The number of aliphatic imine (C=N–C) groups is 1. The molecular weight excluding hydrogens is 459 g/mol. The minimum absolute atomic E-state index is 0. The quantitative estimate of drug-likeness (QED) is 0.209. The van der Waals surface area contributed by atoms with Crippen LogP contribution in [0.5, 0.6) is 0 Å². The fraction of sp³-hybridized carbons (Fsp3) is 0.235. The molecule has 0 aliphatic rings. The molecule has 0 radical (unpaired) electrons. The van der Waals surface area contributed by atoms with Crippen LogP contribution in [0.2, 0.25) is 0 Å². The van der Waals surface area contributed by atoms with Crippen LogP contribution in [-0.2, 0) is 6.54 Å². The van der Waals surface area contributed by atoms with E-state index in [0.29, 0.717) is 31.2 Å². The third-order valence-corrected chi connectivity index (χ3v) is 3.65. The van der Waals surface area contributed by atoms with E-state index in [4.69, 9.17) is 0 Å². The van der Waals surface area contributed by atoms with Crippen molar-refractivity contribution < 1.29 is 4.79 Å². The average molecular weight is 480 g/mol. The van der Waals surface area contributed by atoms with Crippen molar-refractivity contribution >= 4 is 41.5 Å². The van der Waals surface area contributed by atoms with Crippen LogP contribution in [0.25, 0.3) is 5.65 Å². The fourth-order valence-electron chi connectivity index (χ4n) is 2.35. The van der Waals surface area contributed by atoms with Gasteiger partial charge in [-0.15, -0.1) is 34.2 Å². The van der Waals surface area contributed by atoms with E-state index in [-0.39, 0.29) is 29.9 Å². The van der Waals surface area contributed by atoms with Crippen LogP contribution in [0.15, 0.2) is 53.9 Å². The number of guanidine groups is 1. The molecular formula is C17H21IN8O. The van der Waals surface area contributed by atoms with E-state index in [1.165, 1.54) is 6.20 Å². The molecule has 27 heavy (non-hydrogen) atoms. The van der Waals surface area contributed by atoms with Crippen molar-refractivity contribution in [2.24, 2.45) is 4.99 Å². The summed E-state index contributed by atoms with van der Waals surface area (Å²) in [6, 6.07) is 9.19. The van der Waals surface area contributed by atoms with Gasteiger partial charge in [0.05, 0.1) is 12.1 Å². The number of amides is 1. The van der Waals surface area contributed by atoms with E-state index >= 15 is 0 Å². The number of aromatic nitrogens is 4. The topological polar surface area (TPSA) is 109 Å². The first-order chi connectivity index (χ1) is 12.8. The van der Waals surface area contributed by atoms with Gasteiger partial charge >= 0.3 is 0 Å². The van der Waals surface area contributed by atoms with Gasteiger partial charge in [-0.2, -0.15) is 0 Å². The molecule has 0 saturated heterocycles. The molecule has 3 aromatic heterocycles. The molecule has 0 aliphatic carbocycles. The number of fused-ring (bicyclic) bond motifs is 1. The minimum atomic E-state index is -0.155. The zero-order chi connectivity index (χ0) is 18.2. The third kappa shape index (κ3) is 5.61. The molecule has 0 spiro atoms. The van der Waals surface area contributed by atoms with Gasteiger partial charge in [0.1, 0.15) is 0 Å². The molecule has 3 rings (SSSR count). The number of hydrogen-bond donors (Lipinski definition) is 3. The lowest BCUT2D eigenvalue weighted by molar-refractivity contribution is 0.0954. The Morgan fingerprint density at radius 3 is 2.74 bits per heavy atom. The Hall–Kier alpha value is -2.76. The second-order valence-electron chi connectivity index (χ2n) is 5.40. The number of nitrogens with one attached hydrogen (secondary N) is 3.